The molecular formula is C26H27N5O6. The summed E-state index contributed by atoms with van der Waals surface area (Å²) in [4.78, 5) is 53.7. The second-order valence-corrected chi connectivity index (χ2v) is 9.24. The van der Waals surface area contributed by atoms with Crippen molar-refractivity contribution in [2.24, 2.45) is 0 Å². The second kappa shape index (κ2) is 10.1. The Morgan fingerprint density at radius 1 is 1.11 bits per heavy atom. The Morgan fingerprint density at radius 2 is 1.89 bits per heavy atom. The van der Waals surface area contributed by atoms with Gasteiger partial charge in [-0.3, -0.25) is 24.6 Å². The third-order valence-corrected chi connectivity index (χ3v) is 6.75. The number of rotatable bonds is 6. The van der Waals surface area contributed by atoms with Crippen molar-refractivity contribution in [1.82, 2.24) is 10.2 Å². The Balaban J connectivity index is 1.26. The summed E-state index contributed by atoms with van der Waals surface area (Å²) in [5, 5.41) is 23.3. The van der Waals surface area contributed by atoms with Crippen molar-refractivity contribution in [3.8, 4) is 0 Å². The molecule has 11 nitrogen and oxygen atoms in total. The highest BCUT2D eigenvalue weighted by atomic mass is 16.5. The van der Waals surface area contributed by atoms with Gasteiger partial charge in [-0.2, -0.15) is 0 Å². The van der Waals surface area contributed by atoms with Crippen LogP contribution < -0.4 is 15.5 Å². The van der Waals surface area contributed by atoms with E-state index in [0.717, 1.165) is 31.5 Å². The van der Waals surface area contributed by atoms with Crippen molar-refractivity contribution in [3.63, 3.8) is 0 Å². The molecule has 4 amide bonds. The van der Waals surface area contributed by atoms with Crippen molar-refractivity contribution in [2.75, 3.05) is 36.5 Å². The third kappa shape index (κ3) is 4.95. The number of carbonyl (C=O) groups is 4. The van der Waals surface area contributed by atoms with Crippen LogP contribution in [0.4, 0.5) is 11.4 Å². The van der Waals surface area contributed by atoms with E-state index in [2.05, 4.69) is 10.6 Å². The van der Waals surface area contributed by atoms with Crippen LogP contribution in [0.3, 0.4) is 0 Å². The minimum Gasteiger partial charge on any atom is -0.380 e. The molecule has 0 bridgehead atoms. The summed E-state index contributed by atoms with van der Waals surface area (Å²) in [5.41, 5.74) is 2.22. The average molecular weight is 506 g/mol. The van der Waals surface area contributed by atoms with E-state index < -0.39 is 29.9 Å². The number of amidine groups is 1. The predicted octanol–water partition coefficient (Wildman–Crippen LogP) is 0.652. The van der Waals surface area contributed by atoms with Crippen LogP contribution in [0.2, 0.25) is 0 Å². The number of aliphatic hydroxyl groups is 1. The number of carbonyl (C=O) groups excluding carboxylic acids is 4. The molecule has 3 aliphatic heterocycles. The molecule has 2 atom stereocenters. The number of likely N-dealkylation sites (tertiary alicyclic amines) is 1. The lowest BCUT2D eigenvalue weighted by molar-refractivity contribution is -0.150. The molecule has 0 radical (unpaired) electrons. The highest BCUT2D eigenvalue weighted by Gasteiger charge is 2.39. The largest absolute Gasteiger partial charge is 0.380 e. The molecule has 2 aromatic carbocycles. The molecule has 4 N–H and O–H groups in total. The Hall–Kier alpha value is -4.09. The molecule has 37 heavy (non-hydrogen) atoms. The van der Waals surface area contributed by atoms with Crippen LogP contribution in [0.15, 0.2) is 42.5 Å². The quantitative estimate of drug-likeness (QED) is 0.452. The molecule has 11 heteroatoms. The monoisotopic (exact) mass is 505 g/mol. The molecular weight excluding hydrogens is 478 g/mol. The highest BCUT2D eigenvalue weighted by Crippen LogP contribution is 2.24. The minimum atomic E-state index is -1.80. The summed E-state index contributed by atoms with van der Waals surface area (Å²) >= 11 is 0. The maximum atomic E-state index is 13.2. The lowest BCUT2D eigenvalue weighted by Gasteiger charge is -2.34. The van der Waals surface area contributed by atoms with E-state index in [1.807, 2.05) is 11.0 Å². The van der Waals surface area contributed by atoms with Crippen LogP contribution in [0.1, 0.15) is 34.3 Å². The topological polar surface area (TPSA) is 152 Å². The fourth-order valence-electron chi connectivity index (χ4n) is 4.81. The number of ether oxygens (including phenoxy) is 1. The molecule has 192 valence electrons. The number of hydrogen-bond acceptors (Lipinski definition) is 7. The van der Waals surface area contributed by atoms with Gasteiger partial charge in [0.25, 0.3) is 17.7 Å². The van der Waals surface area contributed by atoms with E-state index in [4.69, 9.17) is 10.1 Å². The number of hydrogen-bond donors (Lipinski definition) is 4. The number of anilines is 2. The predicted molar refractivity (Wildman–Crippen MR) is 133 cm³/mol. The van der Waals surface area contributed by atoms with Gasteiger partial charge in [-0.1, -0.05) is 12.1 Å². The van der Waals surface area contributed by atoms with Gasteiger partial charge in [-0.15, -0.1) is 0 Å². The lowest BCUT2D eigenvalue weighted by Crippen LogP contribution is -2.55. The number of nitrogens with one attached hydrogen (secondary N) is 3. The molecule has 0 spiro atoms. The summed E-state index contributed by atoms with van der Waals surface area (Å²) in [5.74, 6) is -1.86. The molecule has 2 aromatic rings. The van der Waals surface area contributed by atoms with Crippen molar-refractivity contribution in [3.05, 3.63) is 59.2 Å². The fraction of sp³-hybridized carbons (Fsp3) is 0.346. The minimum absolute atomic E-state index is 0.0244. The summed E-state index contributed by atoms with van der Waals surface area (Å²) in [6.07, 6.45) is -0.959. The van der Waals surface area contributed by atoms with Gasteiger partial charge in [0.1, 0.15) is 5.84 Å². The van der Waals surface area contributed by atoms with Crippen LogP contribution in [0.25, 0.3) is 0 Å². The van der Waals surface area contributed by atoms with E-state index in [1.54, 1.807) is 18.2 Å². The standard InChI is InChI=1S/C26H27N5O6/c27-23-18-7-6-16(14-19(18)24(34)29-23)28-25(35)21(33)22-26(36)31(10-11-37-22)17-5-3-4-15(12-17)13-20(32)30-8-1-2-9-30/h3-7,12,14,21-22,33H,1-2,8-11,13H2,(H,28,35)(H2,27,29,34)/t21-,22-/m1/s1. The number of morpholine rings is 1. The van der Waals surface area contributed by atoms with Crippen molar-refractivity contribution < 1.29 is 29.0 Å². The maximum absolute atomic E-state index is 13.2. The Morgan fingerprint density at radius 3 is 2.68 bits per heavy atom. The first-order valence-corrected chi connectivity index (χ1v) is 12.1. The zero-order chi connectivity index (χ0) is 26.1. The Bertz CT molecular complexity index is 1290. The van der Waals surface area contributed by atoms with Gasteiger partial charge in [0, 0.05) is 36.6 Å². The molecule has 0 unspecified atom stereocenters. The first kappa shape index (κ1) is 24.6. The van der Waals surface area contributed by atoms with Crippen LogP contribution in [0, 0.1) is 5.41 Å². The van der Waals surface area contributed by atoms with Gasteiger partial charge in [0.05, 0.1) is 18.6 Å². The first-order chi connectivity index (χ1) is 17.8. The van der Waals surface area contributed by atoms with E-state index in [-0.39, 0.29) is 42.6 Å². The Labute approximate surface area is 212 Å². The van der Waals surface area contributed by atoms with Crippen LogP contribution >= 0.6 is 0 Å². The molecule has 3 aliphatic rings. The van der Waals surface area contributed by atoms with Crippen molar-refractivity contribution in [2.45, 2.75) is 31.5 Å². The van der Waals surface area contributed by atoms with E-state index in [9.17, 15) is 24.3 Å². The molecule has 0 aliphatic carbocycles. The Kier molecular flexibility index (Phi) is 6.72. The van der Waals surface area contributed by atoms with Crippen LogP contribution in [-0.2, 0) is 25.5 Å². The SMILES string of the molecule is N=C1NC(=O)c2cc(NC(=O)[C@H](O)[C@H]3OCCN(c4cccc(CC(=O)N5CCCC5)c4)C3=O)ccc21. The molecule has 2 fully saturated rings. The zero-order valence-electron chi connectivity index (χ0n) is 20.0. The highest BCUT2D eigenvalue weighted by molar-refractivity contribution is 6.23. The number of aliphatic hydroxyl groups excluding tert-OH is 1. The summed E-state index contributed by atoms with van der Waals surface area (Å²) < 4.78 is 5.47. The van der Waals surface area contributed by atoms with E-state index >= 15 is 0 Å². The number of fused-ring (bicyclic) bond motifs is 1. The first-order valence-electron chi connectivity index (χ1n) is 12.1. The van der Waals surface area contributed by atoms with Crippen molar-refractivity contribution >= 4 is 40.8 Å². The smallest absolute Gasteiger partial charge is 0.259 e. The number of amides is 4. The van der Waals surface area contributed by atoms with E-state index in [0.29, 0.717) is 11.3 Å². The summed E-state index contributed by atoms with van der Waals surface area (Å²) in [7, 11) is 0. The molecule has 0 aromatic heterocycles. The van der Waals surface area contributed by atoms with Gasteiger partial charge in [-0.05, 0) is 48.7 Å². The van der Waals surface area contributed by atoms with Gasteiger partial charge >= 0.3 is 0 Å². The fourth-order valence-corrected chi connectivity index (χ4v) is 4.81. The van der Waals surface area contributed by atoms with Gasteiger partial charge in [0.15, 0.2) is 12.2 Å². The van der Waals surface area contributed by atoms with Gasteiger partial charge < -0.3 is 30.3 Å². The van der Waals surface area contributed by atoms with Crippen LogP contribution in [-0.4, -0.2) is 77.9 Å². The zero-order valence-corrected chi connectivity index (χ0v) is 20.0. The van der Waals surface area contributed by atoms with Crippen LogP contribution in [0.5, 0.6) is 0 Å². The van der Waals surface area contributed by atoms with Gasteiger partial charge in [0.2, 0.25) is 5.91 Å². The summed E-state index contributed by atoms with van der Waals surface area (Å²) in [6.45, 7) is 1.88. The third-order valence-electron chi connectivity index (χ3n) is 6.75. The average Bonchev–Trinajstić information content (AvgIpc) is 3.52. The lowest BCUT2D eigenvalue weighted by atomic mass is 10.1. The number of nitrogens with zero attached hydrogens (tertiary/aromatic N) is 2. The molecule has 0 saturated carbocycles. The normalized spacial score (nSPS) is 20.0. The summed E-state index contributed by atoms with van der Waals surface area (Å²) in [6, 6.07) is 11.5. The van der Waals surface area contributed by atoms with Crippen molar-refractivity contribution in [1.29, 1.82) is 5.41 Å². The molecule has 2 saturated heterocycles. The number of benzene rings is 2. The molecule has 3 heterocycles. The van der Waals surface area contributed by atoms with E-state index in [1.165, 1.54) is 23.1 Å². The van der Waals surface area contributed by atoms with Gasteiger partial charge in [-0.25, -0.2) is 0 Å². The maximum Gasteiger partial charge on any atom is 0.259 e. The second-order valence-electron chi connectivity index (χ2n) is 9.24. The molecule has 5 rings (SSSR count).